The van der Waals surface area contributed by atoms with Gasteiger partial charge in [0.15, 0.2) is 0 Å². The molecule has 0 saturated carbocycles. The zero-order chi connectivity index (χ0) is 28.9. The number of aryl methyl sites for hydroxylation is 1. The van der Waals surface area contributed by atoms with Crippen molar-refractivity contribution in [3.05, 3.63) is 34.4 Å². The van der Waals surface area contributed by atoms with Crippen LogP contribution in [-0.2, 0) is 19.3 Å². The second-order valence-electron chi connectivity index (χ2n) is 14.5. The fraction of sp³-hybridized carbons (Fsp3) is 0.846. The van der Waals surface area contributed by atoms with Gasteiger partial charge in [0, 0.05) is 0 Å². The van der Waals surface area contributed by atoms with E-state index in [2.05, 4.69) is 67.5 Å². The molecule has 0 aliphatic rings. The summed E-state index contributed by atoms with van der Waals surface area (Å²) >= 11 is 0. The van der Waals surface area contributed by atoms with E-state index in [1.165, 1.54) is 135 Å². The van der Waals surface area contributed by atoms with Crippen LogP contribution in [0.25, 0.3) is 0 Å². The summed E-state index contributed by atoms with van der Waals surface area (Å²) in [6.45, 7) is 19.0. The van der Waals surface area contributed by atoms with Crippen LogP contribution in [-0.4, -0.2) is 0 Å². The number of hydrogen-bond acceptors (Lipinski definition) is 0. The number of benzene rings is 1. The first-order valence-electron chi connectivity index (χ1n) is 17.9. The molecule has 0 unspecified atom stereocenters. The molecule has 0 nitrogen and oxygen atoms in total. The fourth-order valence-corrected chi connectivity index (χ4v) is 6.31. The Hall–Kier alpha value is -0.780. The number of rotatable bonds is 25. The lowest BCUT2D eigenvalue weighted by Crippen LogP contribution is -2.07. The molecule has 0 heteroatoms. The summed E-state index contributed by atoms with van der Waals surface area (Å²) in [5.74, 6) is 3.22. The lowest BCUT2D eigenvalue weighted by Gasteiger charge is -2.22. The standard InChI is InChI=1S/C39H72/c1-32(2)24-18-12-9-15-21-27-36-30-31-37(35(7)8)39(29-23-17-11-14-20-26-34(5)6)38(36)28-22-16-10-13-19-25-33(3)4/h30-35H,9-29H2,1-8H3. The summed E-state index contributed by atoms with van der Waals surface area (Å²) in [6, 6.07) is 5.07. The molecule has 1 aromatic carbocycles. The van der Waals surface area contributed by atoms with Crippen LogP contribution in [0.4, 0.5) is 0 Å². The number of unbranched alkanes of at least 4 members (excludes halogenated alkanes) is 12. The minimum absolute atomic E-state index is 0.635. The Labute approximate surface area is 247 Å². The van der Waals surface area contributed by atoms with Crippen molar-refractivity contribution in [2.75, 3.05) is 0 Å². The maximum atomic E-state index is 2.54. The maximum Gasteiger partial charge on any atom is -0.0216 e. The molecule has 0 radical (unpaired) electrons. The van der Waals surface area contributed by atoms with E-state index in [9.17, 15) is 0 Å². The van der Waals surface area contributed by atoms with E-state index in [4.69, 9.17) is 0 Å². The lowest BCUT2D eigenvalue weighted by molar-refractivity contribution is 0.512. The van der Waals surface area contributed by atoms with Gasteiger partial charge in [-0.25, -0.2) is 0 Å². The number of hydrogen-bond donors (Lipinski definition) is 0. The molecule has 39 heavy (non-hydrogen) atoms. The van der Waals surface area contributed by atoms with Gasteiger partial charge in [0.25, 0.3) is 0 Å². The van der Waals surface area contributed by atoms with E-state index in [0.717, 1.165) is 17.8 Å². The Kier molecular flexibility index (Phi) is 21.2. The summed E-state index contributed by atoms with van der Waals surface area (Å²) in [4.78, 5) is 0. The zero-order valence-electron chi connectivity index (χ0n) is 28.3. The van der Waals surface area contributed by atoms with E-state index in [-0.39, 0.29) is 0 Å². The molecular formula is C39H72. The first-order chi connectivity index (χ1) is 18.7. The van der Waals surface area contributed by atoms with Crippen molar-refractivity contribution in [3.63, 3.8) is 0 Å². The van der Waals surface area contributed by atoms with E-state index in [0.29, 0.717) is 5.92 Å². The molecule has 1 aromatic rings. The van der Waals surface area contributed by atoms with Gasteiger partial charge in [-0.1, -0.05) is 164 Å². The van der Waals surface area contributed by atoms with Crippen LogP contribution >= 0.6 is 0 Å². The van der Waals surface area contributed by atoms with Gasteiger partial charge in [-0.3, -0.25) is 0 Å². The third-order valence-corrected chi connectivity index (χ3v) is 8.83. The Morgan fingerprint density at radius 3 is 1.15 bits per heavy atom. The monoisotopic (exact) mass is 541 g/mol. The molecule has 0 saturated heterocycles. The van der Waals surface area contributed by atoms with Crippen molar-refractivity contribution in [1.82, 2.24) is 0 Å². The van der Waals surface area contributed by atoms with E-state index >= 15 is 0 Å². The molecule has 0 amide bonds. The second kappa shape index (κ2) is 22.9. The molecule has 0 bridgehead atoms. The van der Waals surface area contributed by atoms with Crippen LogP contribution in [0.1, 0.15) is 199 Å². The second-order valence-corrected chi connectivity index (χ2v) is 14.5. The Morgan fingerprint density at radius 2 is 0.744 bits per heavy atom. The van der Waals surface area contributed by atoms with Gasteiger partial charge in [-0.05, 0) is 84.5 Å². The molecule has 0 N–H and O–H groups in total. The van der Waals surface area contributed by atoms with Crippen LogP contribution in [0, 0.1) is 17.8 Å². The van der Waals surface area contributed by atoms with Gasteiger partial charge in [0.2, 0.25) is 0 Å². The SMILES string of the molecule is CC(C)CCCCCCCc1ccc(C(C)C)c(CCCCCCCC(C)C)c1CCCCCCCC(C)C. The van der Waals surface area contributed by atoms with E-state index in [1.807, 2.05) is 0 Å². The largest absolute Gasteiger partial charge is 0.0628 e. The highest BCUT2D eigenvalue weighted by atomic mass is 14.2. The molecule has 0 fully saturated rings. The molecule has 0 aromatic heterocycles. The highest BCUT2D eigenvalue weighted by Crippen LogP contribution is 2.30. The molecule has 0 heterocycles. The third-order valence-electron chi connectivity index (χ3n) is 8.83. The van der Waals surface area contributed by atoms with Crippen LogP contribution in [0.2, 0.25) is 0 Å². The zero-order valence-corrected chi connectivity index (χ0v) is 28.3. The van der Waals surface area contributed by atoms with Crippen LogP contribution in [0.5, 0.6) is 0 Å². The quantitative estimate of drug-likeness (QED) is 0.108. The maximum absolute atomic E-state index is 2.54. The summed E-state index contributed by atoms with van der Waals surface area (Å²) in [7, 11) is 0. The first-order valence-corrected chi connectivity index (χ1v) is 17.9. The van der Waals surface area contributed by atoms with Crippen molar-refractivity contribution in [2.24, 2.45) is 17.8 Å². The Morgan fingerprint density at radius 1 is 0.385 bits per heavy atom. The predicted octanol–water partition coefficient (Wildman–Crippen LogP) is 13.4. The van der Waals surface area contributed by atoms with Gasteiger partial charge in [0.1, 0.15) is 0 Å². The molecule has 0 aliphatic carbocycles. The van der Waals surface area contributed by atoms with Crippen LogP contribution in [0.15, 0.2) is 12.1 Å². The highest BCUT2D eigenvalue weighted by Gasteiger charge is 2.15. The fourth-order valence-electron chi connectivity index (χ4n) is 6.31. The first kappa shape index (κ1) is 36.2. The topological polar surface area (TPSA) is 0 Å². The van der Waals surface area contributed by atoms with E-state index < -0.39 is 0 Å². The Bertz CT molecular complexity index is 692. The van der Waals surface area contributed by atoms with Gasteiger partial charge < -0.3 is 0 Å². The van der Waals surface area contributed by atoms with Crippen LogP contribution < -0.4 is 0 Å². The van der Waals surface area contributed by atoms with E-state index in [1.54, 1.807) is 22.3 Å². The van der Waals surface area contributed by atoms with Crippen molar-refractivity contribution < 1.29 is 0 Å². The summed E-state index contributed by atoms with van der Waals surface area (Å²) in [5, 5.41) is 0. The summed E-state index contributed by atoms with van der Waals surface area (Å²) in [5.41, 5.74) is 6.90. The molecule has 0 spiro atoms. The Balaban J connectivity index is 2.78. The molecule has 0 aliphatic heterocycles. The predicted molar refractivity (Wildman–Crippen MR) is 179 cm³/mol. The normalized spacial score (nSPS) is 12.1. The summed E-state index contributed by atoms with van der Waals surface area (Å²) in [6.07, 6.45) is 29.3. The summed E-state index contributed by atoms with van der Waals surface area (Å²) < 4.78 is 0. The highest BCUT2D eigenvalue weighted by molar-refractivity contribution is 5.43. The van der Waals surface area contributed by atoms with Gasteiger partial charge >= 0.3 is 0 Å². The van der Waals surface area contributed by atoms with Crippen molar-refractivity contribution in [2.45, 2.75) is 196 Å². The molecule has 228 valence electrons. The van der Waals surface area contributed by atoms with Gasteiger partial charge in [-0.2, -0.15) is 0 Å². The average molecular weight is 541 g/mol. The average Bonchev–Trinajstić information content (AvgIpc) is 2.87. The molecule has 0 atom stereocenters. The van der Waals surface area contributed by atoms with Crippen LogP contribution in [0.3, 0.4) is 0 Å². The molecule has 1 rings (SSSR count). The lowest BCUT2D eigenvalue weighted by atomic mass is 9.84. The third kappa shape index (κ3) is 18.3. The minimum atomic E-state index is 0.635. The van der Waals surface area contributed by atoms with Crippen molar-refractivity contribution >= 4 is 0 Å². The van der Waals surface area contributed by atoms with Gasteiger partial charge in [-0.15, -0.1) is 0 Å². The molecular weight excluding hydrogens is 468 g/mol. The minimum Gasteiger partial charge on any atom is -0.0628 e. The van der Waals surface area contributed by atoms with Crippen molar-refractivity contribution in [3.8, 4) is 0 Å². The smallest absolute Gasteiger partial charge is 0.0216 e. The van der Waals surface area contributed by atoms with Crippen molar-refractivity contribution in [1.29, 1.82) is 0 Å². The van der Waals surface area contributed by atoms with Gasteiger partial charge in [0.05, 0.1) is 0 Å².